The molecule has 0 saturated carbocycles. The molecule has 1 aromatic carbocycles. The van der Waals surface area contributed by atoms with Crippen molar-refractivity contribution >= 4 is 41.3 Å². The Hall–Kier alpha value is -1.35. The summed E-state index contributed by atoms with van der Waals surface area (Å²) in [6.45, 7) is 6.35. The van der Waals surface area contributed by atoms with E-state index in [-0.39, 0.29) is 30.1 Å². The van der Waals surface area contributed by atoms with Crippen LogP contribution in [0.5, 0.6) is 5.75 Å². The molecule has 0 bridgehead atoms. The van der Waals surface area contributed by atoms with Crippen LogP contribution in [0.2, 0.25) is 0 Å². The van der Waals surface area contributed by atoms with Gasteiger partial charge in [-0.1, -0.05) is 18.2 Å². The molecule has 1 unspecified atom stereocenters. The Kier molecular flexibility index (Phi) is 7.49. The number of nitrogens with one attached hydrogen (secondary N) is 1. The molecule has 7 heteroatoms. The number of thiazole rings is 1. The van der Waals surface area contributed by atoms with Crippen LogP contribution in [0.15, 0.2) is 34.6 Å². The van der Waals surface area contributed by atoms with E-state index in [1.54, 1.807) is 11.3 Å². The zero-order valence-electron chi connectivity index (χ0n) is 14.9. The molecule has 1 aromatic heterocycles. The number of hydrogen-bond acceptors (Lipinski definition) is 4. The second kappa shape index (κ2) is 9.38. The molecule has 0 amide bonds. The minimum absolute atomic E-state index is 0. The Bertz CT molecular complexity index is 694. The number of hydrogen-bond donors (Lipinski definition) is 1. The van der Waals surface area contributed by atoms with Gasteiger partial charge in [-0.2, -0.15) is 0 Å². The van der Waals surface area contributed by atoms with Crippen LogP contribution < -0.4 is 10.1 Å². The van der Waals surface area contributed by atoms with Crippen LogP contribution in [0.25, 0.3) is 0 Å². The molecule has 0 fully saturated rings. The summed E-state index contributed by atoms with van der Waals surface area (Å²) >= 11 is 1.68. The number of aromatic nitrogens is 1. The smallest absolute Gasteiger partial charge is 0.194 e. The third-order valence-corrected chi connectivity index (χ3v) is 4.74. The number of aliphatic imine (C=N–C) groups is 1. The van der Waals surface area contributed by atoms with Gasteiger partial charge >= 0.3 is 0 Å². The summed E-state index contributed by atoms with van der Waals surface area (Å²) in [5, 5.41) is 6.55. The SMILES string of the molecule is CCNC(=NCC1Cc2ccccc2O1)N(C)Cc1csc(C)n1.I. The molecule has 0 radical (unpaired) electrons. The molecule has 0 saturated heterocycles. The van der Waals surface area contributed by atoms with Crippen molar-refractivity contribution < 1.29 is 4.74 Å². The first-order chi connectivity index (χ1) is 11.7. The van der Waals surface area contributed by atoms with Crippen molar-refractivity contribution in [2.75, 3.05) is 20.1 Å². The number of ether oxygens (including phenoxy) is 1. The number of rotatable bonds is 5. The van der Waals surface area contributed by atoms with E-state index in [0.717, 1.165) is 41.9 Å². The van der Waals surface area contributed by atoms with Gasteiger partial charge in [0.15, 0.2) is 5.96 Å². The zero-order chi connectivity index (χ0) is 16.9. The Morgan fingerprint density at radius 3 is 2.92 bits per heavy atom. The molecule has 136 valence electrons. The monoisotopic (exact) mass is 472 g/mol. The highest BCUT2D eigenvalue weighted by Crippen LogP contribution is 2.28. The fraction of sp³-hybridized carbons (Fsp3) is 0.444. The molecule has 1 aliphatic heterocycles. The number of aryl methyl sites for hydroxylation is 1. The molecule has 2 aromatic rings. The van der Waals surface area contributed by atoms with Crippen LogP contribution in [0.4, 0.5) is 0 Å². The van der Waals surface area contributed by atoms with Crippen molar-refractivity contribution in [3.8, 4) is 5.75 Å². The summed E-state index contributed by atoms with van der Waals surface area (Å²) in [7, 11) is 2.04. The third-order valence-electron chi connectivity index (χ3n) is 3.92. The van der Waals surface area contributed by atoms with Gasteiger partial charge in [-0.3, -0.25) is 0 Å². The Labute approximate surface area is 170 Å². The lowest BCUT2D eigenvalue weighted by molar-refractivity contribution is 0.241. The van der Waals surface area contributed by atoms with Gasteiger partial charge in [0.05, 0.1) is 23.8 Å². The van der Waals surface area contributed by atoms with Crippen LogP contribution in [-0.4, -0.2) is 42.1 Å². The normalized spacial score (nSPS) is 16.0. The van der Waals surface area contributed by atoms with Crippen molar-refractivity contribution in [2.24, 2.45) is 4.99 Å². The highest BCUT2D eigenvalue weighted by Gasteiger charge is 2.22. The zero-order valence-corrected chi connectivity index (χ0v) is 18.0. The van der Waals surface area contributed by atoms with E-state index in [4.69, 9.17) is 9.73 Å². The summed E-state index contributed by atoms with van der Waals surface area (Å²) in [6, 6.07) is 8.22. The molecule has 0 spiro atoms. The van der Waals surface area contributed by atoms with Gasteiger partial charge in [0.1, 0.15) is 11.9 Å². The van der Waals surface area contributed by atoms with E-state index in [1.807, 2.05) is 26.1 Å². The third kappa shape index (κ3) is 5.31. The predicted octanol–water partition coefficient (Wildman–Crippen LogP) is 3.47. The van der Waals surface area contributed by atoms with Crippen molar-refractivity contribution in [3.63, 3.8) is 0 Å². The number of nitrogens with zero attached hydrogens (tertiary/aromatic N) is 3. The number of para-hydroxylation sites is 1. The number of fused-ring (bicyclic) bond motifs is 1. The first-order valence-electron chi connectivity index (χ1n) is 8.30. The van der Waals surface area contributed by atoms with Gasteiger partial charge in [-0.25, -0.2) is 9.98 Å². The van der Waals surface area contributed by atoms with Crippen LogP contribution in [0.1, 0.15) is 23.2 Å². The Balaban J connectivity index is 0.00000225. The van der Waals surface area contributed by atoms with E-state index in [2.05, 4.69) is 39.6 Å². The second-order valence-corrected chi connectivity index (χ2v) is 7.02. The lowest BCUT2D eigenvalue weighted by Gasteiger charge is -2.21. The highest BCUT2D eigenvalue weighted by molar-refractivity contribution is 14.0. The minimum Gasteiger partial charge on any atom is -0.488 e. The average Bonchev–Trinajstić information content (AvgIpc) is 3.16. The molecule has 0 aliphatic carbocycles. The molecule has 1 aliphatic rings. The van der Waals surface area contributed by atoms with Gasteiger partial charge in [-0.15, -0.1) is 35.3 Å². The van der Waals surface area contributed by atoms with Gasteiger partial charge in [0, 0.05) is 25.4 Å². The van der Waals surface area contributed by atoms with Crippen molar-refractivity contribution in [3.05, 3.63) is 45.9 Å². The molecule has 5 nitrogen and oxygen atoms in total. The van der Waals surface area contributed by atoms with E-state index in [1.165, 1.54) is 5.56 Å². The van der Waals surface area contributed by atoms with E-state index >= 15 is 0 Å². The fourth-order valence-corrected chi connectivity index (χ4v) is 3.42. The van der Waals surface area contributed by atoms with Crippen LogP contribution >= 0.6 is 35.3 Å². The summed E-state index contributed by atoms with van der Waals surface area (Å²) < 4.78 is 5.97. The maximum absolute atomic E-state index is 5.97. The Morgan fingerprint density at radius 1 is 1.44 bits per heavy atom. The van der Waals surface area contributed by atoms with Crippen molar-refractivity contribution in [1.82, 2.24) is 15.2 Å². The topological polar surface area (TPSA) is 49.8 Å². The highest BCUT2D eigenvalue weighted by atomic mass is 127. The van der Waals surface area contributed by atoms with Gasteiger partial charge in [-0.05, 0) is 25.5 Å². The molecule has 25 heavy (non-hydrogen) atoms. The molecule has 2 heterocycles. The lowest BCUT2D eigenvalue weighted by atomic mass is 10.1. The van der Waals surface area contributed by atoms with E-state index < -0.39 is 0 Å². The summed E-state index contributed by atoms with van der Waals surface area (Å²) in [6.07, 6.45) is 1.04. The average molecular weight is 472 g/mol. The summed E-state index contributed by atoms with van der Waals surface area (Å²) in [5.41, 5.74) is 2.35. The van der Waals surface area contributed by atoms with Gasteiger partial charge in [0.2, 0.25) is 0 Å². The molecular formula is C18H25IN4OS. The molecule has 3 rings (SSSR count). The molecular weight excluding hydrogens is 447 g/mol. The maximum Gasteiger partial charge on any atom is 0.194 e. The standard InChI is InChI=1S/C18H24N4OS.HI/c1-4-19-18(22(3)11-15-12-24-13(2)21-15)20-10-16-9-14-7-5-6-8-17(14)23-16;/h5-8,12,16H,4,9-11H2,1-3H3,(H,19,20);1H. The number of halogens is 1. The van der Waals surface area contributed by atoms with E-state index in [0.29, 0.717) is 6.54 Å². The Morgan fingerprint density at radius 2 is 2.24 bits per heavy atom. The summed E-state index contributed by atoms with van der Waals surface area (Å²) in [4.78, 5) is 11.4. The van der Waals surface area contributed by atoms with Crippen molar-refractivity contribution in [1.29, 1.82) is 0 Å². The van der Waals surface area contributed by atoms with E-state index in [9.17, 15) is 0 Å². The van der Waals surface area contributed by atoms with Crippen LogP contribution in [0.3, 0.4) is 0 Å². The van der Waals surface area contributed by atoms with Gasteiger partial charge < -0.3 is 15.0 Å². The van der Waals surface area contributed by atoms with Gasteiger partial charge in [0.25, 0.3) is 0 Å². The molecule has 1 N–H and O–H groups in total. The fourth-order valence-electron chi connectivity index (χ4n) is 2.81. The number of benzene rings is 1. The minimum atomic E-state index is 0. The first-order valence-corrected chi connectivity index (χ1v) is 9.18. The lowest BCUT2D eigenvalue weighted by Crippen LogP contribution is -2.39. The van der Waals surface area contributed by atoms with Crippen LogP contribution in [0, 0.1) is 6.92 Å². The predicted molar refractivity (Wildman–Crippen MR) is 114 cm³/mol. The summed E-state index contributed by atoms with van der Waals surface area (Å²) in [5.74, 6) is 1.89. The first kappa shape index (κ1) is 20.0. The maximum atomic E-state index is 5.97. The van der Waals surface area contributed by atoms with Crippen molar-refractivity contribution in [2.45, 2.75) is 32.9 Å². The largest absolute Gasteiger partial charge is 0.488 e. The second-order valence-electron chi connectivity index (χ2n) is 5.96. The number of guanidine groups is 1. The quantitative estimate of drug-likeness (QED) is 0.412. The van der Waals surface area contributed by atoms with Crippen LogP contribution in [-0.2, 0) is 13.0 Å². The molecule has 1 atom stereocenters.